The quantitative estimate of drug-likeness (QED) is 0.623. The van der Waals surface area contributed by atoms with Crippen molar-refractivity contribution >= 4 is 17.7 Å². The van der Waals surface area contributed by atoms with Crippen molar-refractivity contribution in [2.24, 2.45) is 0 Å². The highest BCUT2D eigenvalue weighted by molar-refractivity contribution is 8.00. The van der Waals surface area contributed by atoms with Gasteiger partial charge in [-0.25, -0.2) is 4.98 Å². The number of aromatic amines is 1. The van der Waals surface area contributed by atoms with Crippen molar-refractivity contribution in [3.05, 3.63) is 22.1 Å². The topological polar surface area (TPSA) is 74.8 Å². The zero-order chi connectivity index (χ0) is 15.9. The lowest BCUT2D eigenvalue weighted by molar-refractivity contribution is -0.121. The Labute approximate surface area is 135 Å². The summed E-state index contributed by atoms with van der Waals surface area (Å²) in [5, 5.41) is 3.38. The van der Waals surface area contributed by atoms with E-state index in [1.165, 1.54) is 37.1 Å². The van der Waals surface area contributed by atoms with E-state index in [1.54, 1.807) is 0 Å². The number of nitrogens with one attached hydrogen (secondary N) is 2. The molecule has 1 heterocycles. The Kier molecular flexibility index (Phi) is 6.49. The van der Waals surface area contributed by atoms with Gasteiger partial charge in [0.15, 0.2) is 5.16 Å². The first-order chi connectivity index (χ1) is 10.6. The molecular weight excluding hydrogens is 298 g/mol. The largest absolute Gasteiger partial charge is 0.352 e. The van der Waals surface area contributed by atoms with E-state index in [4.69, 9.17) is 0 Å². The summed E-state index contributed by atoms with van der Waals surface area (Å²) in [7, 11) is 0. The average Bonchev–Trinajstić information content (AvgIpc) is 2.48. The van der Waals surface area contributed by atoms with E-state index in [0.717, 1.165) is 31.4 Å². The number of amides is 1. The first-order valence-corrected chi connectivity index (χ1v) is 9.03. The molecule has 1 aliphatic rings. The molecule has 122 valence electrons. The van der Waals surface area contributed by atoms with Gasteiger partial charge >= 0.3 is 0 Å². The highest BCUT2D eigenvalue weighted by atomic mass is 32.2. The number of H-pyrrole nitrogens is 1. The lowest BCUT2D eigenvalue weighted by Gasteiger charge is -2.24. The summed E-state index contributed by atoms with van der Waals surface area (Å²) < 4.78 is 0. The number of hydrogen-bond donors (Lipinski definition) is 2. The molecule has 0 radical (unpaired) electrons. The SMILES string of the molecule is CCCc1cc(=O)[nH]c(S[C@H](C)C(=O)NC2CCCCC2)n1. The van der Waals surface area contributed by atoms with Gasteiger partial charge in [-0.05, 0) is 26.2 Å². The van der Waals surface area contributed by atoms with Gasteiger partial charge in [-0.2, -0.15) is 0 Å². The Hall–Kier alpha value is -1.30. The summed E-state index contributed by atoms with van der Waals surface area (Å²) in [5.41, 5.74) is 0.634. The average molecular weight is 323 g/mol. The molecule has 0 aliphatic heterocycles. The van der Waals surface area contributed by atoms with E-state index in [-0.39, 0.29) is 16.7 Å². The van der Waals surface area contributed by atoms with Crippen molar-refractivity contribution in [3.63, 3.8) is 0 Å². The second-order valence-corrected chi connectivity index (χ2v) is 7.22. The minimum atomic E-state index is -0.262. The fourth-order valence-electron chi connectivity index (χ4n) is 2.71. The summed E-state index contributed by atoms with van der Waals surface area (Å²) in [6, 6.07) is 1.84. The lowest BCUT2D eigenvalue weighted by Crippen LogP contribution is -2.40. The summed E-state index contributed by atoms with van der Waals surface area (Å²) >= 11 is 1.32. The maximum absolute atomic E-state index is 12.3. The standard InChI is InChI=1S/C16H25N3O2S/c1-3-7-13-10-14(20)19-16(18-13)22-11(2)15(21)17-12-8-5-4-6-9-12/h10-12H,3-9H2,1-2H3,(H,17,21)(H,18,19,20)/t11-/m1/s1. The first-order valence-electron chi connectivity index (χ1n) is 8.15. The maximum Gasteiger partial charge on any atom is 0.251 e. The van der Waals surface area contributed by atoms with Crippen LogP contribution < -0.4 is 10.9 Å². The van der Waals surface area contributed by atoms with Crippen LogP contribution in [0.15, 0.2) is 16.0 Å². The molecule has 1 saturated carbocycles. The maximum atomic E-state index is 12.3. The monoisotopic (exact) mass is 323 g/mol. The molecule has 1 atom stereocenters. The van der Waals surface area contributed by atoms with Crippen molar-refractivity contribution in [3.8, 4) is 0 Å². The van der Waals surface area contributed by atoms with Crippen molar-refractivity contribution in [1.29, 1.82) is 0 Å². The predicted molar refractivity (Wildman–Crippen MR) is 89.2 cm³/mol. The zero-order valence-electron chi connectivity index (χ0n) is 13.4. The van der Waals surface area contributed by atoms with Crippen LogP contribution in [0, 0.1) is 0 Å². The van der Waals surface area contributed by atoms with Crippen LogP contribution in [0.25, 0.3) is 0 Å². The molecule has 0 aromatic carbocycles. The summed E-state index contributed by atoms with van der Waals surface area (Å²) in [6.07, 6.45) is 7.53. The molecule has 0 bridgehead atoms. The van der Waals surface area contributed by atoms with Crippen LogP contribution in [0.3, 0.4) is 0 Å². The van der Waals surface area contributed by atoms with E-state index in [1.807, 2.05) is 6.92 Å². The van der Waals surface area contributed by atoms with Crippen LogP contribution in [0.2, 0.25) is 0 Å². The molecule has 1 aromatic heterocycles. The van der Waals surface area contributed by atoms with Gasteiger partial charge in [0.2, 0.25) is 5.91 Å². The van der Waals surface area contributed by atoms with Crippen LogP contribution in [0.5, 0.6) is 0 Å². The summed E-state index contributed by atoms with van der Waals surface area (Å²) in [5.74, 6) is 0.0282. The predicted octanol–water partition coefficient (Wildman–Crippen LogP) is 2.65. The Bertz CT molecular complexity index is 553. The van der Waals surface area contributed by atoms with Gasteiger partial charge in [-0.15, -0.1) is 0 Å². The van der Waals surface area contributed by atoms with Gasteiger partial charge in [0.25, 0.3) is 5.56 Å². The van der Waals surface area contributed by atoms with Gasteiger partial charge in [0, 0.05) is 17.8 Å². The van der Waals surface area contributed by atoms with E-state index in [0.29, 0.717) is 11.2 Å². The van der Waals surface area contributed by atoms with E-state index < -0.39 is 0 Å². The number of aryl methyl sites for hydroxylation is 1. The molecule has 1 fully saturated rings. The van der Waals surface area contributed by atoms with Crippen LogP contribution >= 0.6 is 11.8 Å². The highest BCUT2D eigenvalue weighted by Crippen LogP contribution is 2.21. The third kappa shape index (κ3) is 5.16. The van der Waals surface area contributed by atoms with Gasteiger partial charge < -0.3 is 10.3 Å². The van der Waals surface area contributed by atoms with Gasteiger partial charge in [0.05, 0.1) is 5.25 Å². The molecule has 2 rings (SSSR count). The Morgan fingerprint density at radius 2 is 2.18 bits per heavy atom. The number of carbonyl (C=O) groups excluding carboxylic acids is 1. The molecular formula is C16H25N3O2S. The van der Waals surface area contributed by atoms with Gasteiger partial charge in [-0.3, -0.25) is 9.59 Å². The minimum Gasteiger partial charge on any atom is -0.352 e. The highest BCUT2D eigenvalue weighted by Gasteiger charge is 2.21. The lowest BCUT2D eigenvalue weighted by atomic mass is 9.95. The number of nitrogens with zero attached hydrogens (tertiary/aromatic N) is 1. The van der Waals surface area contributed by atoms with E-state index >= 15 is 0 Å². The second kappa shape index (κ2) is 8.36. The molecule has 5 nitrogen and oxygen atoms in total. The zero-order valence-corrected chi connectivity index (χ0v) is 14.2. The fraction of sp³-hybridized carbons (Fsp3) is 0.688. The Morgan fingerprint density at radius 3 is 2.86 bits per heavy atom. The molecule has 1 aliphatic carbocycles. The van der Waals surface area contributed by atoms with Gasteiger partial charge in [0.1, 0.15) is 0 Å². The third-order valence-corrected chi connectivity index (χ3v) is 4.87. The number of carbonyl (C=O) groups is 1. The van der Waals surface area contributed by atoms with Crippen molar-refractivity contribution in [2.75, 3.05) is 0 Å². The van der Waals surface area contributed by atoms with E-state index in [9.17, 15) is 9.59 Å². The Balaban J connectivity index is 1.94. The molecule has 22 heavy (non-hydrogen) atoms. The molecule has 0 saturated heterocycles. The van der Waals surface area contributed by atoms with Crippen LogP contribution in [0.4, 0.5) is 0 Å². The number of rotatable bonds is 6. The molecule has 0 unspecified atom stereocenters. The van der Waals surface area contributed by atoms with Gasteiger partial charge in [-0.1, -0.05) is 44.4 Å². The number of aromatic nitrogens is 2. The van der Waals surface area contributed by atoms with Crippen molar-refractivity contribution in [1.82, 2.24) is 15.3 Å². The first kappa shape index (κ1) is 17.1. The van der Waals surface area contributed by atoms with Crippen LogP contribution in [-0.4, -0.2) is 27.2 Å². The molecule has 0 spiro atoms. The van der Waals surface area contributed by atoms with Crippen molar-refractivity contribution in [2.45, 2.75) is 75.2 Å². The molecule has 1 aromatic rings. The number of hydrogen-bond acceptors (Lipinski definition) is 4. The van der Waals surface area contributed by atoms with Crippen LogP contribution in [-0.2, 0) is 11.2 Å². The van der Waals surface area contributed by atoms with Crippen LogP contribution in [0.1, 0.15) is 58.1 Å². The third-order valence-electron chi connectivity index (χ3n) is 3.89. The Morgan fingerprint density at radius 1 is 1.45 bits per heavy atom. The molecule has 1 amide bonds. The fourth-order valence-corrected chi connectivity index (χ4v) is 3.55. The summed E-state index contributed by atoms with van der Waals surface area (Å²) in [6.45, 7) is 3.91. The second-order valence-electron chi connectivity index (χ2n) is 5.90. The smallest absolute Gasteiger partial charge is 0.251 e. The molecule has 6 heteroatoms. The molecule has 2 N–H and O–H groups in total. The van der Waals surface area contributed by atoms with E-state index in [2.05, 4.69) is 22.2 Å². The summed E-state index contributed by atoms with van der Waals surface area (Å²) in [4.78, 5) is 31.0. The minimum absolute atomic E-state index is 0.0282. The van der Waals surface area contributed by atoms with Crippen molar-refractivity contribution < 1.29 is 4.79 Å². The number of thioether (sulfide) groups is 1. The normalized spacial score (nSPS) is 17.2.